The van der Waals surface area contributed by atoms with Gasteiger partial charge >= 0.3 is 0 Å². The molecule has 4 aliphatic rings. The van der Waals surface area contributed by atoms with Crippen LogP contribution in [0.2, 0.25) is 0 Å². The SMILES string of the molecule is C[C@]12CC[C@H]3[C@@H]([C@@H](O)C=C4C[C@@H](O)CC[C@@]43C)[C@@H]1C[C@@H](O)[C@@H]2O. The summed E-state index contributed by atoms with van der Waals surface area (Å²) in [6, 6.07) is 0. The molecule has 4 nitrogen and oxygen atoms in total. The fraction of sp³-hybridized carbons (Fsp3) is 0.895. The van der Waals surface area contributed by atoms with Crippen LogP contribution in [0.25, 0.3) is 0 Å². The van der Waals surface area contributed by atoms with Gasteiger partial charge < -0.3 is 20.4 Å². The molecule has 4 N–H and O–H groups in total. The highest BCUT2D eigenvalue weighted by Crippen LogP contribution is 2.64. The van der Waals surface area contributed by atoms with E-state index in [0.29, 0.717) is 18.8 Å². The lowest BCUT2D eigenvalue weighted by Crippen LogP contribution is -2.55. The maximum Gasteiger partial charge on any atom is 0.0855 e. The Balaban J connectivity index is 1.73. The Kier molecular flexibility index (Phi) is 3.52. The van der Waals surface area contributed by atoms with Crippen molar-refractivity contribution in [1.82, 2.24) is 0 Å². The van der Waals surface area contributed by atoms with E-state index in [2.05, 4.69) is 13.8 Å². The number of rotatable bonds is 0. The number of hydrogen-bond donors (Lipinski definition) is 4. The molecular weight excluding hydrogens is 292 g/mol. The van der Waals surface area contributed by atoms with Gasteiger partial charge in [0.25, 0.3) is 0 Å². The first-order valence-corrected chi connectivity index (χ1v) is 9.21. The molecule has 0 aliphatic heterocycles. The molecule has 0 unspecified atom stereocenters. The minimum absolute atomic E-state index is 0.0585. The van der Waals surface area contributed by atoms with Crippen molar-refractivity contribution in [3.63, 3.8) is 0 Å². The minimum atomic E-state index is -0.674. The molecule has 0 aromatic carbocycles. The molecular formula is C19H30O4. The zero-order valence-electron chi connectivity index (χ0n) is 14.2. The summed E-state index contributed by atoms with van der Waals surface area (Å²) in [6.45, 7) is 4.40. The van der Waals surface area contributed by atoms with Gasteiger partial charge in [0.15, 0.2) is 0 Å². The largest absolute Gasteiger partial charge is 0.393 e. The summed E-state index contributed by atoms with van der Waals surface area (Å²) in [7, 11) is 0. The van der Waals surface area contributed by atoms with Crippen LogP contribution in [0.3, 0.4) is 0 Å². The van der Waals surface area contributed by atoms with Crippen LogP contribution < -0.4 is 0 Å². The van der Waals surface area contributed by atoms with Crippen LogP contribution in [-0.4, -0.2) is 44.8 Å². The Morgan fingerprint density at radius 3 is 2.48 bits per heavy atom. The van der Waals surface area contributed by atoms with E-state index in [-0.39, 0.29) is 28.8 Å². The molecule has 0 saturated heterocycles. The lowest BCUT2D eigenvalue weighted by molar-refractivity contribution is -0.110. The first kappa shape index (κ1) is 16.1. The van der Waals surface area contributed by atoms with Crippen LogP contribution in [0.4, 0.5) is 0 Å². The molecule has 130 valence electrons. The molecule has 9 atom stereocenters. The van der Waals surface area contributed by atoms with Crippen LogP contribution in [0, 0.1) is 28.6 Å². The normalized spacial score (nSPS) is 58.9. The van der Waals surface area contributed by atoms with Gasteiger partial charge in [0.1, 0.15) is 0 Å². The molecule has 0 bridgehead atoms. The van der Waals surface area contributed by atoms with Crippen molar-refractivity contribution in [2.45, 2.75) is 76.8 Å². The minimum Gasteiger partial charge on any atom is -0.393 e. The van der Waals surface area contributed by atoms with Gasteiger partial charge in [0.2, 0.25) is 0 Å². The van der Waals surface area contributed by atoms with Gasteiger partial charge in [-0.2, -0.15) is 0 Å². The fourth-order valence-corrected chi connectivity index (χ4v) is 6.62. The monoisotopic (exact) mass is 322 g/mol. The van der Waals surface area contributed by atoms with E-state index in [1.54, 1.807) is 0 Å². The van der Waals surface area contributed by atoms with E-state index in [9.17, 15) is 20.4 Å². The van der Waals surface area contributed by atoms with Crippen molar-refractivity contribution in [3.05, 3.63) is 11.6 Å². The highest BCUT2D eigenvalue weighted by Gasteiger charge is 2.62. The summed E-state index contributed by atoms with van der Waals surface area (Å²) in [5, 5.41) is 41.6. The topological polar surface area (TPSA) is 80.9 Å². The number of hydrogen-bond acceptors (Lipinski definition) is 4. The summed E-state index contributed by atoms with van der Waals surface area (Å²) < 4.78 is 0. The standard InChI is InChI=1S/C19H30O4/c1-18-5-3-11(20)7-10(18)8-14(21)16-12(18)4-6-19(2)13(16)9-15(22)17(19)23/h8,11-17,20-23H,3-7,9H2,1-2H3/t11-,12-,13-,14-,15+,16+,17-,18-,19-/m0/s1. The van der Waals surface area contributed by atoms with Crippen molar-refractivity contribution in [3.8, 4) is 0 Å². The summed E-state index contributed by atoms with van der Waals surface area (Å²) in [5.74, 6) is 0.674. The third-order valence-electron chi connectivity index (χ3n) is 8.08. The summed E-state index contributed by atoms with van der Waals surface area (Å²) in [4.78, 5) is 0. The van der Waals surface area contributed by atoms with Crippen LogP contribution in [0.15, 0.2) is 11.6 Å². The Morgan fingerprint density at radius 2 is 1.74 bits per heavy atom. The van der Waals surface area contributed by atoms with Crippen molar-refractivity contribution in [2.75, 3.05) is 0 Å². The third-order valence-corrected chi connectivity index (χ3v) is 8.08. The van der Waals surface area contributed by atoms with E-state index in [0.717, 1.165) is 25.7 Å². The average Bonchev–Trinajstić information content (AvgIpc) is 2.73. The summed E-state index contributed by atoms with van der Waals surface area (Å²) >= 11 is 0. The Hall–Kier alpha value is -0.420. The average molecular weight is 322 g/mol. The second-order valence-electron chi connectivity index (χ2n) is 9.08. The molecule has 4 rings (SSSR count). The van der Waals surface area contributed by atoms with Crippen molar-refractivity contribution < 1.29 is 20.4 Å². The van der Waals surface area contributed by atoms with Gasteiger partial charge in [0, 0.05) is 0 Å². The Labute approximate surface area is 138 Å². The van der Waals surface area contributed by atoms with E-state index >= 15 is 0 Å². The van der Waals surface area contributed by atoms with Gasteiger partial charge in [-0.15, -0.1) is 0 Å². The zero-order chi connectivity index (χ0) is 16.6. The van der Waals surface area contributed by atoms with Gasteiger partial charge in [-0.1, -0.05) is 25.5 Å². The number of aliphatic hydroxyl groups is 4. The number of aliphatic hydroxyl groups excluding tert-OH is 4. The second-order valence-corrected chi connectivity index (χ2v) is 9.08. The lowest BCUT2D eigenvalue weighted by atomic mass is 9.47. The smallest absolute Gasteiger partial charge is 0.0855 e. The first-order chi connectivity index (χ1) is 10.8. The summed E-state index contributed by atoms with van der Waals surface area (Å²) in [5.41, 5.74) is 1.01. The molecule has 0 amide bonds. The zero-order valence-corrected chi connectivity index (χ0v) is 14.2. The molecule has 0 heterocycles. The third kappa shape index (κ3) is 2.05. The lowest BCUT2D eigenvalue weighted by Gasteiger charge is -2.58. The predicted octanol–water partition coefficient (Wildman–Crippen LogP) is 1.61. The van der Waals surface area contributed by atoms with Crippen LogP contribution in [-0.2, 0) is 0 Å². The maximum atomic E-state index is 10.9. The van der Waals surface area contributed by atoms with Crippen molar-refractivity contribution in [2.24, 2.45) is 28.6 Å². The molecule has 0 aromatic heterocycles. The second kappa shape index (κ2) is 5.04. The molecule has 4 aliphatic carbocycles. The van der Waals surface area contributed by atoms with Gasteiger partial charge in [-0.25, -0.2) is 0 Å². The van der Waals surface area contributed by atoms with Crippen LogP contribution >= 0.6 is 0 Å². The van der Waals surface area contributed by atoms with Gasteiger partial charge in [0.05, 0.1) is 24.4 Å². The molecule has 0 aromatic rings. The highest BCUT2D eigenvalue weighted by atomic mass is 16.3. The Morgan fingerprint density at radius 1 is 1.00 bits per heavy atom. The fourth-order valence-electron chi connectivity index (χ4n) is 6.62. The molecule has 0 radical (unpaired) electrons. The molecule has 0 spiro atoms. The van der Waals surface area contributed by atoms with Crippen LogP contribution in [0.1, 0.15) is 52.4 Å². The van der Waals surface area contributed by atoms with E-state index < -0.39 is 18.3 Å². The van der Waals surface area contributed by atoms with Gasteiger partial charge in [-0.05, 0) is 67.1 Å². The quantitative estimate of drug-likeness (QED) is 0.511. The maximum absolute atomic E-state index is 10.9. The van der Waals surface area contributed by atoms with Gasteiger partial charge in [-0.3, -0.25) is 0 Å². The Bertz CT molecular complexity index is 531. The van der Waals surface area contributed by atoms with E-state index in [4.69, 9.17) is 0 Å². The first-order valence-electron chi connectivity index (χ1n) is 9.21. The molecule has 3 fully saturated rings. The summed E-state index contributed by atoms with van der Waals surface area (Å²) in [6.07, 6.45) is 4.85. The van der Waals surface area contributed by atoms with E-state index in [1.165, 1.54) is 5.57 Å². The van der Waals surface area contributed by atoms with Crippen molar-refractivity contribution >= 4 is 0 Å². The predicted molar refractivity (Wildman–Crippen MR) is 86.5 cm³/mol. The van der Waals surface area contributed by atoms with Crippen molar-refractivity contribution in [1.29, 1.82) is 0 Å². The molecule has 23 heavy (non-hydrogen) atoms. The van der Waals surface area contributed by atoms with E-state index in [1.807, 2.05) is 6.08 Å². The number of fused-ring (bicyclic) bond motifs is 5. The highest BCUT2D eigenvalue weighted by molar-refractivity contribution is 5.28. The molecule has 4 heteroatoms. The molecule has 3 saturated carbocycles. The van der Waals surface area contributed by atoms with Crippen LogP contribution in [0.5, 0.6) is 0 Å².